The number of nitrogens with one attached hydrogen (secondary N) is 2. The SMILES string of the molecule is C=CCOC(=O)C1=C(C)Nc2nc(SCC(C)C)[nH]c(=O)c2C1c1sccc1C. The van der Waals surface area contributed by atoms with E-state index in [1.54, 1.807) is 0 Å². The second-order valence-electron chi connectivity index (χ2n) is 7.29. The second-order valence-corrected chi connectivity index (χ2v) is 9.25. The molecule has 8 heteroatoms. The van der Waals surface area contributed by atoms with Gasteiger partial charge in [0, 0.05) is 16.3 Å². The number of rotatable bonds is 7. The lowest BCUT2D eigenvalue weighted by Crippen LogP contribution is -2.31. The van der Waals surface area contributed by atoms with Gasteiger partial charge in [-0.2, -0.15) is 0 Å². The fourth-order valence-corrected chi connectivity index (χ4v) is 5.03. The molecule has 0 radical (unpaired) electrons. The van der Waals surface area contributed by atoms with Crippen molar-refractivity contribution >= 4 is 34.9 Å². The summed E-state index contributed by atoms with van der Waals surface area (Å²) in [5.41, 5.74) is 2.29. The summed E-state index contributed by atoms with van der Waals surface area (Å²) in [6, 6.07) is 1.98. The number of hydrogen-bond donors (Lipinski definition) is 2. The van der Waals surface area contributed by atoms with Gasteiger partial charge in [-0.05, 0) is 36.8 Å². The van der Waals surface area contributed by atoms with E-state index >= 15 is 0 Å². The Kier molecular flexibility index (Phi) is 6.64. The predicted molar refractivity (Wildman–Crippen MR) is 119 cm³/mol. The summed E-state index contributed by atoms with van der Waals surface area (Å²) in [7, 11) is 0. The molecule has 1 unspecified atom stereocenters. The van der Waals surface area contributed by atoms with Crippen molar-refractivity contribution in [1.82, 2.24) is 9.97 Å². The average Bonchev–Trinajstić information content (AvgIpc) is 3.08. The number of thiophene rings is 1. The van der Waals surface area contributed by atoms with Crippen molar-refractivity contribution in [2.45, 2.75) is 38.8 Å². The smallest absolute Gasteiger partial charge is 0.337 e. The predicted octanol–water partition coefficient (Wildman–Crippen LogP) is 4.45. The van der Waals surface area contributed by atoms with E-state index in [1.165, 1.54) is 29.2 Å². The molecule has 1 aliphatic rings. The Bertz CT molecular complexity index is 1020. The molecule has 3 rings (SSSR count). The number of nitrogens with zero attached hydrogens (tertiary/aromatic N) is 1. The summed E-state index contributed by atoms with van der Waals surface area (Å²) in [5.74, 6) is 0.836. The number of fused-ring (bicyclic) bond motifs is 1. The monoisotopic (exact) mass is 431 g/mol. The number of allylic oxidation sites excluding steroid dienone is 1. The van der Waals surface area contributed by atoms with Crippen LogP contribution in [0.25, 0.3) is 0 Å². The molecule has 0 amide bonds. The molecule has 0 fully saturated rings. The first-order chi connectivity index (χ1) is 13.8. The zero-order chi connectivity index (χ0) is 21.1. The number of anilines is 1. The lowest BCUT2D eigenvalue weighted by Gasteiger charge is -2.28. The summed E-state index contributed by atoms with van der Waals surface area (Å²) in [5, 5.41) is 5.69. The Balaban J connectivity index is 2.13. The highest BCUT2D eigenvalue weighted by Gasteiger charge is 2.37. The number of esters is 1. The van der Waals surface area contributed by atoms with Crippen molar-refractivity contribution in [3.05, 3.63) is 61.7 Å². The molecule has 2 N–H and O–H groups in total. The maximum Gasteiger partial charge on any atom is 0.337 e. The van der Waals surface area contributed by atoms with Crippen LogP contribution in [0.1, 0.15) is 42.7 Å². The maximum atomic E-state index is 13.1. The molecule has 2 aromatic rings. The minimum Gasteiger partial charge on any atom is -0.458 e. The third-order valence-electron chi connectivity index (χ3n) is 4.49. The molecule has 0 bridgehead atoms. The molecular formula is C21H25N3O3S2. The third kappa shape index (κ3) is 4.48. The highest BCUT2D eigenvalue weighted by Crippen LogP contribution is 2.43. The Morgan fingerprint density at radius 1 is 1.45 bits per heavy atom. The summed E-state index contributed by atoms with van der Waals surface area (Å²) in [4.78, 5) is 34.4. The number of aromatic nitrogens is 2. The number of aromatic amines is 1. The number of ether oxygens (including phenoxy) is 1. The van der Waals surface area contributed by atoms with Gasteiger partial charge in [0.2, 0.25) is 0 Å². The van der Waals surface area contributed by atoms with Crippen LogP contribution in [0.5, 0.6) is 0 Å². The fourth-order valence-electron chi connectivity index (χ4n) is 3.17. The van der Waals surface area contributed by atoms with Crippen molar-refractivity contribution in [3.63, 3.8) is 0 Å². The van der Waals surface area contributed by atoms with E-state index in [9.17, 15) is 9.59 Å². The molecule has 1 aliphatic heterocycles. The topological polar surface area (TPSA) is 84.1 Å². The first kappa shape index (κ1) is 21.4. The molecular weight excluding hydrogens is 406 g/mol. The maximum absolute atomic E-state index is 13.1. The first-order valence-electron chi connectivity index (χ1n) is 9.40. The third-order valence-corrected chi connectivity index (χ3v) is 6.87. The minimum absolute atomic E-state index is 0.109. The number of aryl methyl sites for hydroxylation is 1. The van der Waals surface area contributed by atoms with Crippen LogP contribution in [0.4, 0.5) is 5.82 Å². The lowest BCUT2D eigenvalue weighted by molar-refractivity contribution is -0.138. The van der Waals surface area contributed by atoms with Crippen LogP contribution in [0.2, 0.25) is 0 Å². The van der Waals surface area contributed by atoms with E-state index in [4.69, 9.17) is 4.74 Å². The van der Waals surface area contributed by atoms with Gasteiger partial charge in [-0.1, -0.05) is 38.3 Å². The van der Waals surface area contributed by atoms with E-state index in [0.717, 1.165) is 16.2 Å². The van der Waals surface area contributed by atoms with Crippen molar-refractivity contribution in [3.8, 4) is 0 Å². The van der Waals surface area contributed by atoms with Gasteiger partial charge < -0.3 is 15.0 Å². The number of carbonyl (C=O) groups excluding carboxylic acids is 1. The van der Waals surface area contributed by atoms with E-state index in [-0.39, 0.29) is 12.2 Å². The van der Waals surface area contributed by atoms with Crippen molar-refractivity contribution < 1.29 is 9.53 Å². The largest absolute Gasteiger partial charge is 0.458 e. The van der Waals surface area contributed by atoms with Gasteiger partial charge >= 0.3 is 5.97 Å². The van der Waals surface area contributed by atoms with E-state index in [1.807, 2.05) is 25.3 Å². The summed E-state index contributed by atoms with van der Waals surface area (Å²) >= 11 is 3.03. The van der Waals surface area contributed by atoms with Crippen LogP contribution in [0, 0.1) is 12.8 Å². The van der Waals surface area contributed by atoms with Crippen molar-refractivity contribution in [2.24, 2.45) is 5.92 Å². The number of carbonyl (C=O) groups is 1. The van der Waals surface area contributed by atoms with E-state index in [0.29, 0.717) is 33.7 Å². The van der Waals surface area contributed by atoms with Crippen LogP contribution in [-0.2, 0) is 9.53 Å². The number of H-pyrrole nitrogens is 1. The van der Waals surface area contributed by atoms with Gasteiger partial charge in [-0.25, -0.2) is 9.78 Å². The standard InChI is InChI=1S/C21H25N3O3S2/c1-6-8-27-20(26)14-13(5)22-18-16(15(14)17-12(4)7-9-28-17)19(25)24-21(23-18)29-10-11(2)3/h6-7,9,11,15H,1,8,10H2,2-5H3,(H2,22,23,24,25). The Labute approximate surface area is 178 Å². The van der Waals surface area contributed by atoms with Crippen molar-refractivity contribution in [2.75, 3.05) is 17.7 Å². The van der Waals surface area contributed by atoms with E-state index < -0.39 is 11.9 Å². The highest BCUT2D eigenvalue weighted by molar-refractivity contribution is 7.99. The normalized spacial score (nSPS) is 15.8. The fraction of sp³-hybridized carbons (Fsp3) is 0.381. The molecule has 2 aromatic heterocycles. The molecule has 29 heavy (non-hydrogen) atoms. The Morgan fingerprint density at radius 2 is 2.21 bits per heavy atom. The second kappa shape index (κ2) is 9.00. The van der Waals surface area contributed by atoms with Gasteiger partial charge in [0.25, 0.3) is 5.56 Å². The van der Waals surface area contributed by atoms with Gasteiger partial charge in [0.1, 0.15) is 12.4 Å². The molecule has 154 valence electrons. The first-order valence-corrected chi connectivity index (χ1v) is 11.3. The molecule has 1 atom stereocenters. The van der Waals surface area contributed by atoms with Crippen LogP contribution in [0.15, 0.2) is 45.3 Å². The molecule has 0 aliphatic carbocycles. The molecule has 0 saturated heterocycles. The lowest BCUT2D eigenvalue weighted by atomic mass is 9.85. The summed E-state index contributed by atoms with van der Waals surface area (Å²) in [6.45, 7) is 11.7. The van der Waals surface area contributed by atoms with Gasteiger partial charge in [0.15, 0.2) is 5.16 Å². The Morgan fingerprint density at radius 3 is 2.83 bits per heavy atom. The molecule has 0 spiro atoms. The zero-order valence-corrected chi connectivity index (χ0v) is 18.6. The highest BCUT2D eigenvalue weighted by atomic mass is 32.2. The van der Waals surface area contributed by atoms with Crippen LogP contribution in [-0.4, -0.2) is 28.3 Å². The van der Waals surface area contributed by atoms with E-state index in [2.05, 4.69) is 35.7 Å². The quantitative estimate of drug-likeness (QED) is 0.292. The molecule has 3 heterocycles. The average molecular weight is 432 g/mol. The molecule has 0 aromatic carbocycles. The molecule has 6 nitrogen and oxygen atoms in total. The summed E-state index contributed by atoms with van der Waals surface area (Å²) in [6.07, 6.45) is 1.52. The number of thioether (sulfide) groups is 1. The summed E-state index contributed by atoms with van der Waals surface area (Å²) < 4.78 is 5.33. The van der Waals surface area contributed by atoms with Gasteiger partial charge in [-0.15, -0.1) is 11.3 Å². The van der Waals surface area contributed by atoms with Crippen LogP contribution < -0.4 is 10.9 Å². The van der Waals surface area contributed by atoms with Crippen molar-refractivity contribution in [1.29, 1.82) is 0 Å². The number of hydrogen-bond acceptors (Lipinski definition) is 7. The minimum atomic E-state index is -0.524. The van der Waals surface area contributed by atoms with Gasteiger partial charge in [-0.3, -0.25) is 4.79 Å². The Hall–Kier alpha value is -2.32. The van der Waals surface area contributed by atoms with Crippen LogP contribution >= 0.6 is 23.1 Å². The van der Waals surface area contributed by atoms with Crippen LogP contribution in [0.3, 0.4) is 0 Å². The molecule has 0 saturated carbocycles. The van der Waals surface area contributed by atoms with Gasteiger partial charge in [0.05, 0.1) is 17.1 Å². The zero-order valence-electron chi connectivity index (χ0n) is 17.0.